The van der Waals surface area contributed by atoms with Crippen molar-refractivity contribution in [2.75, 3.05) is 6.54 Å². The molecule has 0 bridgehead atoms. The molecule has 1 N–H and O–H groups in total. The minimum atomic E-state index is -0.345. The second kappa shape index (κ2) is 4.80. The first-order valence-corrected chi connectivity index (χ1v) is 5.73. The molecule has 1 aromatic carbocycles. The summed E-state index contributed by atoms with van der Waals surface area (Å²) in [4.78, 5) is 10.6. The van der Waals surface area contributed by atoms with Crippen molar-refractivity contribution in [1.82, 2.24) is 5.32 Å². The average Bonchev–Trinajstić information content (AvgIpc) is 2.29. The van der Waals surface area contributed by atoms with Gasteiger partial charge in [-0.1, -0.05) is 18.0 Å². The zero-order chi connectivity index (χ0) is 11.5. The number of nitrogens with one attached hydrogen (secondary N) is 1. The van der Waals surface area contributed by atoms with E-state index in [4.69, 9.17) is 11.6 Å². The largest absolute Gasteiger partial charge is 0.310 e. The molecular formula is C11H13ClN2O2. The van der Waals surface area contributed by atoms with Crippen molar-refractivity contribution in [2.24, 2.45) is 0 Å². The molecule has 0 aliphatic carbocycles. The Labute approximate surface area is 98.8 Å². The Kier molecular flexibility index (Phi) is 3.41. The maximum Gasteiger partial charge on any atom is 0.274 e. The van der Waals surface area contributed by atoms with Crippen molar-refractivity contribution in [3.8, 4) is 0 Å². The fourth-order valence-electron chi connectivity index (χ4n) is 2.09. The van der Waals surface area contributed by atoms with Crippen LogP contribution in [0.4, 0.5) is 5.69 Å². The Hall–Kier alpha value is -1.13. The summed E-state index contributed by atoms with van der Waals surface area (Å²) in [5.74, 6) is 0. The molecule has 0 saturated carbocycles. The maximum absolute atomic E-state index is 10.9. The van der Waals surface area contributed by atoms with E-state index in [1.807, 2.05) is 0 Å². The summed E-state index contributed by atoms with van der Waals surface area (Å²) in [6, 6.07) is 4.80. The summed E-state index contributed by atoms with van der Waals surface area (Å²) in [6.45, 7) is 0.911. The van der Waals surface area contributed by atoms with Crippen LogP contribution in [-0.4, -0.2) is 11.5 Å². The highest BCUT2D eigenvalue weighted by atomic mass is 35.5. The van der Waals surface area contributed by atoms with Crippen LogP contribution < -0.4 is 5.32 Å². The molecule has 16 heavy (non-hydrogen) atoms. The van der Waals surface area contributed by atoms with Crippen molar-refractivity contribution >= 4 is 17.3 Å². The van der Waals surface area contributed by atoms with Crippen molar-refractivity contribution in [1.29, 1.82) is 0 Å². The summed E-state index contributed by atoms with van der Waals surface area (Å²) in [7, 11) is 0. The number of nitro benzene ring substituents is 1. The van der Waals surface area contributed by atoms with E-state index in [0.717, 1.165) is 25.8 Å². The van der Waals surface area contributed by atoms with Gasteiger partial charge < -0.3 is 5.32 Å². The molecule has 2 rings (SSSR count). The summed E-state index contributed by atoms with van der Waals surface area (Å²) in [5.41, 5.74) is 0.862. The molecule has 1 saturated heterocycles. The monoisotopic (exact) mass is 240 g/mol. The molecule has 86 valence electrons. The first-order chi connectivity index (χ1) is 7.68. The van der Waals surface area contributed by atoms with Gasteiger partial charge in [-0.3, -0.25) is 10.1 Å². The van der Waals surface area contributed by atoms with E-state index in [1.54, 1.807) is 12.1 Å². The lowest BCUT2D eigenvalue weighted by Gasteiger charge is -2.23. The lowest BCUT2D eigenvalue weighted by molar-refractivity contribution is -0.385. The molecule has 1 aliphatic heterocycles. The third-order valence-corrected chi connectivity index (χ3v) is 3.11. The molecule has 0 spiro atoms. The van der Waals surface area contributed by atoms with Gasteiger partial charge in [-0.25, -0.2) is 0 Å². The Balaban J connectivity index is 2.36. The van der Waals surface area contributed by atoms with Crippen LogP contribution in [0.2, 0.25) is 5.02 Å². The van der Waals surface area contributed by atoms with E-state index >= 15 is 0 Å². The topological polar surface area (TPSA) is 55.2 Å². The van der Waals surface area contributed by atoms with Crippen LogP contribution in [0.1, 0.15) is 30.9 Å². The predicted octanol–water partition coefficient (Wildman–Crippen LogP) is 3.06. The SMILES string of the molecule is O=[N+]([O-])c1ccc(Cl)cc1[C@@H]1CCCCN1. The number of nitro groups is 1. The predicted molar refractivity (Wildman–Crippen MR) is 62.7 cm³/mol. The van der Waals surface area contributed by atoms with Crippen LogP contribution in [0.15, 0.2) is 18.2 Å². The first-order valence-electron chi connectivity index (χ1n) is 5.35. The molecule has 0 radical (unpaired) electrons. The van der Waals surface area contributed by atoms with Gasteiger partial charge in [0.2, 0.25) is 0 Å². The minimum absolute atomic E-state index is 0.0628. The number of piperidine rings is 1. The lowest BCUT2D eigenvalue weighted by atomic mass is 9.96. The van der Waals surface area contributed by atoms with Gasteiger partial charge in [0.15, 0.2) is 0 Å². The highest BCUT2D eigenvalue weighted by Crippen LogP contribution is 2.32. The molecule has 0 unspecified atom stereocenters. The van der Waals surface area contributed by atoms with E-state index in [9.17, 15) is 10.1 Å². The van der Waals surface area contributed by atoms with Gasteiger partial charge in [0.1, 0.15) is 0 Å². The molecule has 1 aromatic rings. The number of nitrogens with zero attached hydrogens (tertiary/aromatic N) is 1. The van der Waals surface area contributed by atoms with Crippen molar-refractivity contribution < 1.29 is 4.92 Å². The van der Waals surface area contributed by atoms with Crippen LogP contribution in [0.5, 0.6) is 0 Å². The van der Waals surface area contributed by atoms with E-state index in [1.165, 1.54) is 6.07 Å². The van der Waals surface area contributed by atoms with Gasteiger partial charge in [-0.05, 0) is 31.5 Å². The summed E-state index contributed by atoms with van der Waals surface area (Å²) < 4.78 is 0. The lowest BCUT2D eigenvalue weighted by Crippen LogP contribution is -2.27. The van der Waals surface area contributed by atoms with Gasteiger partial charge in [-0.15, -0.1) is 0 Å². The van der Waals surface area contributed by atoms with Crippen molar-refractivity contribution in [3.63, 3.8) is 0 Å². The maximum atomic E-state index is 10.9. The molecule has 1 atom stereocenters. The van der Waals surface area contributed by atoms with Crippen LogP contribution in [0.25, 0.3) is 0 Å². The number of benzene rings is 1. The number of halogens is 1. The van der Waals surface area contributed by atoms with Gasteiger partial charge in [0, 0.05) is 22.7 Å². The van der Waals surface area contributed by atoms with Gasteiger partial charge in [0.25, 0.3) is 5.69 Å². The Bertz CT molecular complexity index is 403. The number of hydrogen-bond acceptors (Lipinski definition) is 3. The molecule has 1 heterocycles. The quantitative estimate of drug-likeness (QED) is 0.639. The fourth-order valence-corrected chi connectivity index (χ4v) is 2.27. The molecule has 5 heteroatoms. The van der Waals surface area contributed by atoms with Crippen molar-refractivity contribution in [3.05, 3.63) is 38.9 Å². The Morgan fingerprint density at radius 2 is 2.25 bits per heavy atom. The van der Waals surface area contributed by atoms with Gasteiger partial charge in [0.05, 0.1) is 4.92 Å². The summed E-state index contributed by atoms with van der Waals surface area (Å²) >= 11 is 5.89. The second-order valence-corrected chi connectivity index (χ2v) is 4.40. The highest BCUT2D eigenvalue weighted by Gasteiger charge is 2.23. The van der Waals surface area contributed by atoms with Crippen molar-refractivity contribution in [2.45, 2.75) is 25.3 Å². The van der Waals surface area contributed by atoms with Crippen LogP contribution in [-0.2, 0) is 0 Å². The van der Waals surface area contributed by atoms with E-state index in [0.29, 0.717) is 10.6 Å². The third kappa shape index (κ3) is 2.33. The zero-order valence-corrected chi connectivity index (χ0v) is 9.54. The minimum Gasteiger partial charge on any atom is -0.310 e. The van der Waals surface area contributed by atoms with E-state index in [2.05, 4.69) is 5.32 Å². The molecule has 1 aliphatic rings. The number of hydrogen-bond donors (Lipinski definition) is 1. The number of rotatable bonds is 2. The van der Waals surface area contributed by atoms with Crippen LogP contribution in [0, 0.1) is 10.1 Å². The normalized spacial score (nSPS) is 20.7. The third-order valence-electron chi connectivity index (χ3n) is 2.87. The molecular weight excluding hydrogens is 228 g/mol. The highest BCUT2D eigenvalue weighted by molar-refractivity contribution is 6.30. The molecule has 0 amide bonds. The van der Waals surface area contributed by atoms with E-state index < -0.39 is 0 Å². The van der Waals surface area contributed by atoms with Gasteiger partial charge in [-0.2, -0.15) is 0 Å². The molecule has 4 nitrogen and oxygen atoms in total. The average molecular weight is 241 g/mol. The molecule has 0 aromatic heterocycles. The Morgan fingerprint density at radius 3 is 2.88 bits per heavy atom. The zero-order valence-electron chi connectivity index (χ0n) is 8.78. The van der Waals surface area contributed by atoms with E-state index in [-0.39, 0.29) is 16.7 Å². The fraction of sp³-hybridized carbons (Fsp3) is 0.455. The summed E-state index contributed by atoms with van der Waals surface area (Å²) in [6.07, 6.45) is 3.16. The first kappa shape index (κ1) is 11.4. The van der Waals surface area contributed by atoms with Gasteiger partial charge >= 0.3 is 0 Å². The summed E-state index contributed by atoms with van der Waals surface area (Å²) in [5, 5.41) is 14.8. The molecule has 1 fully saturated rings. The van der Waals surface area contributed by atoms with Crippen LogP contribution >= 0.6 is 11.6 Å². The second-order valence-electron chi connectivity index (χ2n) is 3.96. The Morgan fingerprint density at radius 1 is 1.44 bits per heavy atom. The smallest absolute Gasteiger partial charge is 0.274 e. The standard InChI is InChI=1S/C11H13ClN2O2/c12-8-4-5-11(14(15)16)9(7-8)10-3-1-2-6-13-10/h4-5,7,10,13H,1-3,6H2/t10-/m0/s1. The van der Waals surface area contributed by atoms with Crippen LogP contribution in [0.3, 0.4) is 0 Å².